The highest BCUT2D eigenvalue weighted by Gasteiger charge is 2.10. The third-order valence-electron chi connectivity index (χ3n) is 1.69. The minimum atomic E-state index is -1.17. The van der Waals surface area contributed by atoms with Crippen molar-refractivity contribution in [3.63, 3.8) is 0 Å². The van der Waals surface area contributed by atoms with Crippen molar-refractivity contribution in [3.8, 4) is 0 Å². The van der Waals surface area contributed by atoms with Crippen LogP contribution in [-0.4, -0.2) is 21.3 Å². The first-order chi connectivity index (χ1) is 7.06. The lowest BCUT2D eigenvalue weighted by Gasteiger charge is -2.01. The van der Waals surface area contributed by atoms with Gasteiger partial charge in [0, 0.05) is 12.3 Å². The molecule has 15 heavy (non-hydrogen) atoms. The van der Waals surface area contributed by atoms with Gasteiger partial charge in [-0.05, 0) is 6.42 Å². The molecule has 5 nitrogen and oxygen atoms in total. The van der Waals surface area contributed by atoms with E-state index >= 15 is 0 Å². The number of rotatable bonds is 3. The normalized spacial score (nSPS) is 10.3. The summed E-state index contributed by atoms with van der Waals surface area (Å²) < 4.78 is 13.3. The van der Waals surface area contributed by atoms with E-state index in [4.69, 9.17) is 11.6 Å². The molecule has 1 rings (SSSR count). The van der Waals surface area contributed by atoms with E-state index in [1.165, 1.54) is 0 Å². The number of carbonyl (C=O) groups is 1. The van der Waals surface area contributed by atoms with E-state index in [1.807, 2.05) is 0 Å². The lowest BCUT2D eigenvalue weighted by Crippen LogP contribution is -2.34. The smallest absolute Gasteiger partial charge is 0.274 e. The standard InChI is InChI=1S/C8H8ClFN2O3/c9-3-1-2-6(13)12-4-5(10)7(14)11-8(12)15/h4H,1-3H2,(H,11,14,15). The molecular weight excluding hydrogens is 227 g/mol. The van der Waals surface area contributed by atoms with Crippen LogP contribution in [0.25, 0.3) is 0 Å². The number of alkyl halides is 1. The first kappa shape index (κ1) is 11.6. The van der Waals surface area contributed by atoms with E-state index in [2.05, 4.69) is 0 Å². The number of carbonyl (C=O) groups excluding carboxylic acids is 1. The van der Waals surface area contributed by atoms with Crippen LogP contribution in [0, 0.1) is 5.82 Å². The molecular formula is C8H8ClFN2O3. The van der Waals surface area contributed by atoms with Crippen molar-refractivity contribution in [2.45, 2.75) is 12.8 Å². The van der Waals surface area contributed by atoms with Crippen LogP contribution in [0.4, 0.5) is 4.39 Å². The maximum Gasteiger partial charge on any atom is 0.335 e. The molecule has 0 aliphatic heterocycles. The number of halogens is 2. The zero-order chi connectivity index (χ0) is 11.4. The molecule has 1 aromatic heterocycles. The maximum atomic E-state index is 12.8. The Morgan fingerprint density at radius 1 is 1.53 bits per heavy atom. The summed E-state index contributed by atoms with van der Waals surface area (Å²) in [5, 5.41) is 0. The average molecular weight is 235 g/mol. The fourth-order valence-electron chi connectivity index (χ4n) is 0.971. The lowest BCUT2D eigenvalue weighted by molar-refractivity contribution is 0.0894. The van der Waals surface area contributed by atoms with Gasteiger partial charge in [0.05, 0.1) is 6.20 Å². The van der Waals surface area contributed by atoms with E-state index in [0.717, 1.165) is 0 Å². The third kappa shape index (κ3) is 2.76. The quantitative estimate of drug-likeness (QED) is 0.767. The van der Waals surface area contributed by atoms with Gasteiger partial charge in [0.1, 0.15) is 0 Å². The summed E-state index contributed by atoms with van der Waals surface area (Å²) in [6.45, 7) is 0. The number of nitrogens with zero attached hydrogens (tertiary/aromatic N) is 1. The van der Waals surface area contributed by atoms with Gasteiger partial charge in [0.25, 0.3) is 5.56 Å². The molecule has 0 aliphatic rings. The van der Waals surface area contributed by atoms with Crippen molar-refractivity contribution in [2.24, 2.45) is 0 Å². The summed E-state index contributed by atoms with van der Waals surface area (Å²) in [5.74, 6) is -1.50. The fourth-order valence-corrected chi connectivity index (χ4v) is 1.11. The Bertz CT molecular complexity index is 480. The lowest BCUT2D eigenvalue weighted by atomic mass is 10.3. The van der Waals surface area contributed by atoms with E-state index < -0.39 is 23.0 Å². The largest absolute Gasteiger partial charge is 0.335 e. The molecule has 1 aromatic rings. The summed E-state index contributed by atoms with van der Waals surface area (Å²) in [6, 6.07) is 0. The van der Waals surface area contributed by atoms with Crippen LogP contribution >= 0.6 is 11.6 Å². The molecule has 0 fully saturated rings. The molecule has 0 radical (unpaired) electrons. The van der Waals surface area contributed by atoms with Crippen LogP contribution in [0.2, 0.25) is 0 Å². The van der Waals surface area contributed by atoms with Gasteiger partial charge in [0.15, 0.2) is 0 Å². The van der Waals surface area contributed by atoms with Crippen LogP contribution in [-0.2, 0) is 0 Å². The van der Waals surface area contributed by atoms with Crippen molar-refractivity contribution >= 4 is 17.5 Å². The van der Waals surface area contributed by atoms with Crippen molar-refractivity contribution < 1.29 is 9.18 Å². The number of hydrogen-bond donors (Lipinski definition) is 1. The highest BCUT2D eigenvalue weighted by atomic mass is 35.5. The second kappa shape index (κ2) is 4.88. The molecule has 0 amide bonds. The minimum Gasteiger partial charge on any atom is -0.274 e. The molecule has 7 heteroatoms. The van der Waals surface area contributed by atoms with Crippen LogP contribution in [0.15, 0.2) is 15.8 Å². The molecule has 0 saturated heterocycles. The van der Waals surface area contributed by atoms with Gasteiger partial charge in [-0.1, -0.05) is 0 Å². The van der Waals surface area contributed by atoms with E-state index in [9.17, 15) is 18.8 Å². The molecule has 82 valence electrons. The summed E-state index contributed by atoms with van der Waals surface area (Å²) in [6.07, 6.45) is 0.986. The molecule has 0 unspecified atom stereocenters. The van der Waals surface area contributed by atoms with Gasteiger partial charge in [-0.2, -0.15) is 4.39 Å². The Balaban J connectivity index is 3.05. The second-order valence-electron chi connectivity index (χ2n) is 2.79. The van der Waals surface area contributed by atoms with Gasteiger partial charge in [-0.15, -0.1) is 11.6 Å². The van der Waals surface area contributed by atoms with Crippen LogP contribution in [0.3, 0.4) is 0 Å². The highest BCUT2D eigenvalue weighted by Crippen LogP contribution is 1.95. The summed E-state index contributed by atoms with van der Waals surface area (Å²) in [5.41, 5.74) is -2.08. The molecule has 0 bridgehead atoms. The number of H-pyrrole nitrogens is 1. The Kier molecular flexibility index (Phi) is 3.79. The van der Waals surface area contributed by atoms with Gasteiger partial charge in [-0.25, -0.2) is 9.36 Å². The second-order valence-corrected chi connectivity index (χ2v) is 3.17. The van der Waals surface area contributed by atoms with Crippen molar-refractivity contribution in [2.75, 3.05) is 5.88 Å². The zero-order valence-corrected chi connectivity index (χ0v) is 8.38. The first-order valence-corrected chi connectivity index (χ1v) is 4.70. The molecule has 0 spiro atoms. The monoisotopic (exact) mass is 234 g/mol. The average Bonchev–Trinajstić information content (AvgIpc) is 2.20. The molecule has 0 atom stereocenters. The van der Waals surface area contributed by atoms with Gasteiger partial charge >= 0.3 is 5.69 Å². The topological polar surface area (TPSA) is 71.9 Å². The Morgan fingerprint density at radius 2 is 2.20 bits per heavy atom. The molecule has 0 saturated carbocycles. The molecule has 0 aliphatic carbocycles. The van der Waals surface area contributed by atoms with E-state index in [1.54, 1.807) is 4.98 Å². The van der Waals surface area contributed by atoms with Gasteiger partial charge in [-0.3, -0.25) is 14.6 Å². The molecule has 0 aromatic carbocycles. The SMILES string of the molecule is O=C(CCCCl)n1cc(F)c(=O)[nH]c1=O. The maximum absolute atomic E-state index is 12.8. The predicted octanol–water partition coefficient (Wildman–Crippen LogP) is 0.335. The number of hydrogen-bond acceptors (Lipinski definition) is 3. The summed E-state index contributed by atoms with van der Waals surface area (Å²) >= 11 is 5.36. The Hall–Kier alpha value is -1.43. The van der Waals surface area contributed by atoms with Gasteiger partial charge < -0.3 is 0 Å². The number of aromatic amines is 1. The van der Waals surface area contributed by atoms with E-state index in [0.29, 0.717) is 17.2 Å². The van der Waals surface area contributed by atoms with Gasteiger partial charge in [0.2, 0.25) is 11.7 Å². The van der Waals surface area contributed by atoms with Crippen molar-refractivity contribution in [3.05, 3.63) is 32.9 Å². The predicted molar refractivity (Wildman–Crippen MR) is 51.9 cm³/mol. The highest BCUT2D eigenvalue weighted by molar-refractivity contribution is 6.17. The molecule has 1 heterocycles. The Labute approximate surface area is 88.5 Å². The first-order valence-electron chi connectivity index (χ1n) is 4.17. The zero-order valence-electron chi connectivity index (χ0n) is 7.63. The fraction of sp³-hybridized carbons (Fsp3) is 0.375. The summed E-state index contributed by atoms with van der Waals surface area (Å²) in [4.78, 5) is 34.7. The van der Waals surface area contributed by atoms with Crippen LogP contribution in [0.1, 0.15) is 17.6 Å². The number of nitrogens with one attached hydrogen (secondary N) is 1. The van der Waals surface area contributed by atoms with E-state index in [-0.39, 0.29) is 12.3 Å². The summed E-state index contributed by atoms with van der Waals surface area (Å²) in [7, 11) is 0. The Morgan fingerprint density at radius 3 is 2.80 bits per heavy atom. The van der Waals surface area contributed by atoms with Crippen molar-refractivity contribution in [1.29, 1.82) is 0 Å². The molecule has 1 N–H and O–H groups in total. The van der Waals surface area contributed by atoms with Crippen molar-refractivity contribution in [1.82, 2.24) is 9.55 Å². The van der Waals surface area contributed by atoms with Crippen LogP contribution < -0.4 is 11.2 Å². The number of aromatic nitrogens is 2. The third-order valence-corrected chi connectivity index (χ3v) is 1.96. The minimum absolute atomic E-state index is 0.0227. The van der Waals surface area contributed by atoms with Crippen LogP contribution in [0.5, 0.6) is 0 Å².